The van der Waals surface area contributed by atoms with Crippen LogP contribution in [0.2, 0.25) is 0 Å². The van der Waals surface area contributed by atoms with Gasteiger partial charge < -0.3 is 15.6 Å². The van der Waals surface area contributed by atoms with Gasteiger partial charge in [0.05, 0.1) is 18.4 Å². The molecule has 0 fully saturated rings. The summed E-state index contributed by atoms with van der Waals surface area (Å²) in [5.74, 6) is -0.608. The summed E-state index contributed by atoms with van der Waals surface area (Å²) in [7, 11) is 1.44. The minimum atomic E-state index is -0.992. The van der Waals surface area contributed by atoms with Gasteiger partial charge in [-0.25, -0.2) is 4.79 Å². The Hall–Kier alpha value is -1.71. The molecule has 1 aromatic carbocycles. The van der Waals surface area contributed by atoms with Gasteiger partial charge in [-0.1, -0.05) is 27.7 Å². The molecule has 4 heteroatoms. The van der Waals surface area contributed by atoms with Gasteiger partial charge in [0.25, 0.3) is 0 Å². The SMILES string of the molecule is CC.CC.COc1cc(C(=O)O)ccc1N. The van der Waals surface area contributed by atoms with Gasteiger partial charge in [0.1, 0.15) is 5.75 Å². The number of carboxylic acid groups (broad SMARTS) is 1. The minimum Gasteiger partial charge on any atom is -0.495 e. The largest absolute Gasteiger partial charge is 0.495 e. The zero-order chi connectivity index (χ0) is 13.1. The highest BCUT2D eigenvalue weighted by Crippen LogP contribution is 2.21. The Morgan fingerprint density at radius 3 is 2.12 bits per heavy atom. The molecule has 1 rings (SSSR count). The summed E-state index contributed by atoms with van der Waals surface area (Å²) in [6, 6.07) is 4.32. The molecular formula is C12H21NO3. The highest BCUT2D eigenvalue weighted by molar-refractivity contribution is 5.88. The number of hydrogen-bond acceptors (Lipinski definition) is 3. The molecule has 0 unspecified atom stereocenters. The molecule has 0 atom stereocenters. The fourth-order valence-corrected chi connectivity index (χ4v) is 0.844. The summed E-state index contributed by atoms with van der Waals surface area (Å²) in [4.78, 5) is 10.5. The number of hydrogen-bond donors (Lipinski definition) is 2. The Morgan fingerprint density at radius 1 is 1.25 bits per heavy atom. The minimum absolute atomic E-state index is 0.168. The van der Waals surface area contributed by atoms with E-state index in [1.54, 1.807) is 0 Å². The monoisotopic (exact) mass is 227 g/mol. The number of anilines is 1. The second-order valence-corrected chi connectivity index (χ2v) is 2.26. The molecule has 4 nitrogen and oxygen atoms in total. The number of rotatable bonds is 2. The van der Waals surface area contributed by atoms with Crippen LogP contribution in [-0.2, 0) is 0 Å². The van der Waals surface area contributed by atoms with Crippen LogP contribution in [0.3, 0.4) is 0 Å². The first kappa shape index (κ1) is 16.7. The zero-order valence-electron chi connectivity index (χ0n) is 10.6. The number of carboxylic acids is 1. The first-order valence-corrected chi connectivity index (χ1v) is 5.32. The molecule has 16 heavy (non-hydrogen) atoms. The van der Waals surface area contributed by atoms with E-state index in [4.69, 9.17) is 15.6 Å². The quantitative estimate of drug-likeness (QED) is 0.762. The molecule has 0 amide bonds. The summed E-state index contributed by atoms with van der Waals surface area (Å²) in [5, 5.41) is 8.60. The van der Waals surface area contributed by atoms with Gasteiger partial charge in [-0.05, 0) is 18.2 Å². The predicted molar refractivity (Wildman–Crippen MR) is 67.1 cm³/mol. The first-order valence-electron chi connectivity index (χ1n) is 5.32. The number of carbonyl (C=O) groups is 1. The van der Waals surface area contributed by atoms with Crippen LogP contribution in [0.4, 0.5) is 5.69 Å². The Balaban J connectivity index is 0. The number of aromatic carboxylic acids is 1. The molecule has 0 heterocycles. The van der Waals surface area contributed by atoms with Crippen LogP contribution in [0.1, 0.15) is 38.1 Å². The van der Waals surface area contributed by atoms with E-state index >= 15 is 0 Å². The average Bonchev–Trinajstić information content (AvgIpc) is 2.34. The van der Waals surface area contributed by atoms with Crippen molar-refractivity contribution in [1.29, 1.82) is 0 Å². The Morgan fingerprint density at radius 2 is 1.75 bits per heavy atom. The van der Waals surface area contributed by atoms with Crippen molar-refractivity contribution in [3.63, 3.8) is 0 Å². The molecule has 0 bridgehead atoms. The van der Waals surface area contributed by atoms with Crippen molar-refractivity contribution in [2.45, 2.75) is 27.7 Å². The molecule has 92 valence electrons. The van der Waals surface area contributed by atoms with E-state index in [0.29, 0.717) is 11.4 Å². The summed E-state index contributed by atoms with van der Waals surface area (Å²) in [6.07, 6.45) is 0. The van der Waals surface area contributed by atoms with Gasteiger partial charge >= 0.3 is 5.97 Å². The van der Waals surface area contributed by atoms with Gasteiger partial charge in [0.15, 0.2) is 0 Å². The molecule has 0 radical (unpaired) electrons. The van der Waals surface area contributed by atoms with E-state index in [9.17, 15) is 4.79 Å². The maximum atomic E-state index is 10.5. The van der Waals surface area contributed by atoms with Crippen molar-refractivity contribution in [3.05, 3.63) is 23.8 Å². The number of methoxy groups -OCH3 is 1. The van der Waals surface area contributed by atoms with Gasteiger partial charge in [-0.2, -0.15) is 0 Å². The number of benzene rings is 1. The molecule has 3 N–H and O–H groups in total. The lowest BCUT2D eigenvalue weighted by molar-refractivity contribution is 0.0696. The van der Waals surface area contributed by atoms with Gasteiger partial charge in [0, 0.05) is 0 Å². The first-order chi connectivity index (χ1) is 7.65. The van der Waals surface area contributed by atoms with E-state index in [2.05, 4.69) is 0 Å². The maximum Gasteiger partial charge on any atom is 0.335 e. The zero-order valence-corrected chi connectivity index (χ0v) is 10.6. The van der Waals surface area contributed by atoms with Gasteiger partial charge in [-0.15, -0.1) is 0 Å². The molecule has 1 aromatic rings. The summed E-state index contributed by atoms with van der Waals surface area (Å²) < 4.78 is 4.85. The highest BCUT2D eigenvalue weighted by atomic mass is 16.5. The van der Waals surface area contributed by atoms with Gasteiger partial charge in [-0.3, -0.25) is 0 Å². The van der Waals surface area contributed by atoms with Crippen molar-refractivity contribution < 1.29 is 14.6 Å². The Labute approximate surface area is 97.0 Å². The fourth-order valence-electron chi connectivity index (χ4n) is 0.844. The van der Waals surface area contributed by atoms with E-state index in [1.807, 2.05) is 27.7 Å². The molecule has 0 aliphatic heterocycles. The lowest BCUT2D eigenvalue weighted by atomic mass is 10.2. The van der Waals surface area contributed by atoms with Crippen LogP contribution in [0.25, 0.3) is 0 Å². The topological polar surface area (TPSA) is 72.5 Å². The smallest absolute Gasteiger partial charge is 0.335 e. The normalized spacial score (nSPS) is 7.81. The highest BCUT2D eigenvalue weighted by Gasteiger charge is 2.05. The average molecular weight is 227 g/mol. The van der Waals surface area contributed by atoms with Crippen LogP contribution in [0.15, 0.2) is 18.2 Å². The van der Waals surface area contributed by atoms with Crippen molar-refractivity contribution in [3.8, 4) is 5.75 Å². The Bertz CT molecular complexity index is 311. The van der Waals surface area contributed by atoms with Crippen molar-refractivity contribution in [2.24, 2.45) is 0 Å². The van der Waals surface area contributed by atoms with Crippen LogP contribution in [0, 0.1) is 0 Å². The molecule has 0 spiro atoms. The van der Waals surface area contributed by atoms with Crippen LogP contribution < -0.4 is 10.5 Å². The van der Waals surface area contributed by atoms with E-state index < -0.39 is 5.97 Å². The van der Waals surface area contributed by atoms with Crippen molar-refractivity contribution in [1.82, 2.24) is 0 Å². The number of nitrogens with two attached hydrogens (primary N) is 1. The third-order valence-corrected chi connectivity index (χ3v) is 1.48. The second-order valence-electron chi connectivity index (χ2n) is 2.26. The van der Waals surface area contributed by atoms with E-state index in [1.165, 1.54) is 25.3 Å². The molecule has 0 saturated heterocycles. The molecule has 0 aliphatic rings. The Kier molecular flexibility index (Phi) is 10.3. The standard InChI is InChI=1S/C8H9NO3.2C2H6/c1-12-7-4-5(8(10)11)2-3-6(7)9;2*1-2/h2-4H,9H2,1H3,(H,10,11);2*1-2H3. The molecule has 0 aromatic heterocycles. The summed E-state index contributed by atoms with van der Waals surface area (Å²) in [5.41, 5.74) is 6.08. The molecular weight excluding hydrogens is 206 g/mol. The van der Waals surface area contributed by atoms with Crippen LogP contribution in [-0.4, -0.2) is 18.2 Å². The predicted octanol–water partition coefficient (Wildman–Crippen LogP) is 3.03. The van der Waals surface area contributed by atoms with Crippen molar-refractivity contribution >= 4 is 11.7 Å². The molecule has 0 saturated carbocycles. The third kappa shape index (κ3) is 5.24. The van der Waals surface area contributed by atoms with Crippen molar-refractivity contribution in [2.75, 3.05) is 12.8 Å². The second kappa shape index (κ2) is 9.83. The lowest BCUT2D eigenvalue weighted by Gasteiger charge is -2.03. The lowest BCUT2D eigenvalue weighted by Crippen LogP contribution is -1.99. The van der Waals surface area contributed by atoms with E-state index in [-0.39, 0.29) is 5.56 Å². The number of nitrogen functional groups attached to an aromatic ring is 1. The van der Waals surface area contributed by atoms with Crippen LogP contribution >= 0.6 is 0 Å². The van der Waals surface area contributed by atoms with E-state index in [0.717, 1.165) is 0 Å². The molecule has 0 aliphatic carbocycles. The van der Waals surface area contributed by atoms with Crippen LogP contribution in [0.5, 0.6) is 5.75 Å². The summed E-state index contributed by atoms with van der Waals surface area (Å²) in [6.45, 7) is 8.00. The summed E-state index contributed by atoms with van der Waals surface area (Å²) >= 11 is 0. The fraction of sp³-hybridized carbons (Fsp3) is 0.417. The number of ether oxygens (including phenoxy) is 1. The maximum absolute atomic E-state index is 10.5. The third-order valence-electron chi connectivity index (χ3n) is 1.48. The van der Waals surface area contributed by atoms with Gasteiger partial charge in [0.2, 0.25) is 0 Å².